The number of likely N-dealkylation sites (tertiary alicyclic amines) is 1. The fourth-order valence-corrected chi connectivity index (χ4v) is 2.46. The van der Waals surface area contributed by atoms with Crippen molar-refractivity contribution in [3.8, 4) is 0 Å². The zero-order chi connectivity index (χ0) is 15.1. The van der Waals surface area contributed by atoms with Gasteiger partial charge in [0.1, 0.15) is 0 Å². The average molecular weight is 289 g/mol. The summed E-state index contributed by atoms with van der Waals surface area (Å²) in [5, 5.41) is 2.71. The van der Waals surface area contributed by atoms with E-state index in [-0.39, 0.29) is 18.4 Å². The fourth-order valence-electron chi connectivity index (χ4n) is 2.46. The van der Waals surface area contributed by atoms with Crippen LogP contribution in [0.1, 0.15) is 31.2 Å². The molecule has 1 fully saturated rings. The molecular formula is C16H23N3O2. The number of nitrogens with two attached hydrogens (primary N) is 1. The van der Waals surface area contributed by atoms with Gasteiger partial charge in [-0.05, 0) is 43.4 Å². The number of amides is 2. The van der Waals surface area contributed by atoms with Crippen molar-refractivity contribution in [1.29, 1.82) is 0 Å². The van der Waals surface area contributed by atoms with Crippen molar-refractivity contribution in [2.45, 2.75) is 32.1 Å². The average Bonchev–Trinajstić information content (AvgIpc) is 2.53. The lowest BCUT2D eigenvalue weighted by atomic mass is 10.1. The number of carbonyl (C=O) groups excluding carboxylic acids is 2. The summed E-state index contributed by atoms with van der Waals surface area (Å²) in [6, 6.07) is 7.49. The molecule has 0 atom stereocenters. The standard InChI is InChI=1S/C16H23N3O2/c17-14-7-4-13(5-8-14)6-9-15(20)18-12-16(21)19-10-2-1-3-11-19/h4-5,7-8H,1-3,6,9-12,17H2,(H,18,20). The highest BCUT2D eigenvalue weighted by Crippen LogP contribution is 2.09. The van der Waals surface area contributed by atoms with Crippen LogP contribution in [0.2, 0.25) is 0 Å². The summed E-state index contributed by atoms with van der Waals surface area (Å²) in [5.41, 5.74) is 7.40. The van der Waals surface area contributed by atoms with Gasteiger partial charge in [-0.25, -0.2) is 0 Å². The number of nitrogen functional groups attached to an aromatic ring is 1. The van der Waals surface area contributed by atoms with Gasteiger partial charge in [-0.2, -0.15) is 0 Å². The van der Waals surface area contributed by atoms with Crippen LogP contribution in [-0.4, -0.2) is 36.3 Å². The number of carbonyl (C=O) groups is 2. The summed E-state index contributed by atoms with van der Waals surface area (Å²) in [6.45, 7) is 1.75. The summed E-state index contributed by atoms with van der Waals surface area (Å²) >= 11 is 0. The Balaban J connectivity index is 1.67. The molecule has 0 aromatic heterocycles. The number of hydrogen-bond acceptors (Lipinski definition) is 3. The second kappa shape index (κ2) is 7.67. The molecular weight excluding hydrogens is 266 g/mol. The van der Waals surface area contributed by atoms with Crippen LogP contribution in [0, 0.1) is 0 Å². The third-order valence-corrected chi connectivity index (χ3v) is 3.77. The second-order valence-corrected chi connectivity index (χ2v) is 5.46. The molecule has 21 heavy (non-hydrogen) atoms. The van der Waals surface area contributed by atoms with E-state index in [1.165, 1.54) is 6.42 Å². The van der Waals surface area contributed by atoms with Crippen LogP contribution in [0.25, 0.3) is 0 Å². The van der Waals surface area contributed by atoms with Crippen LogP contribution in [0.15, 0.2) is 24.3 Å². The van der Waals surface area contributed by atoms with Gasteiger partial charge in [0.2, 0.25) is 11.8 Å². The first kappa shape index (κ1) is 15.4. The number of benzene rings is 1. The minimum absolute atomic E-state index is 0.0236. The number of anilines is 1. The van der Waals surface area contributed by atoms with E-state index in [1.54, 1.807) is 0 Å². The van der Waals surface area contributed by atoms with Crippen LogP contribution >= 0.6 is 0 Å². The fraction of sp³-hybridized carbons (Fsp3) is 0.500. The smallest absolute Gasteiger partial charge is 0.241 e. The minimum atomic E-state index is -0.0859. The molecule has 1 aliphatic heterocycles. The Kier molecular flexibility index (Phi) is 5.60. The molecule has 1 aromatic carbocycles. The Morgan fingerprint density at radius 2 is 1.76 bits per heavy atom. The third kappa shape index (κ3) is 5.10. The van der Waals surface area contributed by atoms with E-state index in [0.29, 0.717) is 12.8 Å². The molecule has 1 heterocycles. The maximum absolute atomic E-state index is 11.9. The van der Waals surface area contributed by atoms with E-state index in [4.69, 9.17) is 5.73 Å². The van der Waals surface area contributed by atoms with Gasteiger partial charge in [-0.15, -0.1) is 0 Å². The quantitative estimate of drug-likeness (QED) is 0.803. The summed E-state index contributed by atoms with van der Waals surface area (Å²) in [6.07, 6.45) is 4.37. The van der Waals surface area contributed by atoms with E-state index in [9.17, 15) is 9.59 Å². The molecule has 1 aromatic rings. The molecule has 0 bridgehead atoms. The lowest BCUT2D eigenvalue weighted by Gasteiger charge is -2.26. The summed E-state index contributed by atoms with van der Waals surface area (Å²) in [7, 11) is 0. The van der Waals surface area contributed by atoms with Crippen molar-refractivity contribution in [3.63, 3.8) is 0 Å². The normalized spacial score (nSPS) is 14.8. The predicted molar refractivity (Wildman–Crippen MR) is 82.6 cm³/mol. The first-order valence-corrected chi connectivity index (χ1v) is 7.54. The Labute approximate surface area is 125 Å². The SMILES string of the molecule is Nc1ccc(CCC(=O)NCC(=O)N2CCCCC2)cc1. The molecule has 2 amide bonds. The molecule has 0 spiro atoms. The molecule has 1 aliphatic rings. The van der Waals surface area contributed by atoms with Crippen molar-refractivity contribution < 1.29 is 9.59 Å². The number of rotatable bonds is 5. The molecule has 0 unspecified atom stereocenters. The Morgan fingerprint density at radius 1 is 1.10 bits per heavy atom. The first-order valence-electron chi connectivity index (χ1n) is 7.54. The lowest BCUT2D eigenvalue weighted by Crippen LogP contribution is -2.42. The van der Waals surface area contributed by atoms with Crippen molar-refractivity contribution >= 4 is 17.5 Å². The molecule has 2 rings (SSSR count). The van der Waals surface area contributed by atoms with E-state index >= 15 is 0 Å². The molecule has 0 aliphatic carbocycles. The maximum atomic E-state index is 11.9. The molecule has 1 saturated heterocycles. The highest BCUT2D eigenvalue weighted by atomic mass is 16.2. The van der Waals surface area contributed by atoms with Gasteiger partial charge in [-0.3, -0.25) is 9.59 Å². The Morgan fingerprint density at radius 3 is 2.43 bits per heavy atom. The highest BCUT2D eigenvalue weighted by Gasteiger charge is 2.16. The zero-order valence-electron chi connectivity index (χ0n) is 12.3. The van der Waals surface area contributed by atoms with Crippen molar-refractivity contribution in [3.05, 3.63) is 29.8 Å². The van der Waals surface area contributed by atoms with Gasteiger partial charge in [0, 0.05) is 25.2 Å². The third-order valence-electron chi connectivity index (χ3n) is 3.77. The van der Waals surface area contributed by atoms with Crippen molar-refractivity contribution in [2.75, 3.05) is 25.4 Å². The van der Waals surface area contributed by atoms with E-state index in [2.05, 4.69) is 5.32 Å². The molecule has 0 radical (unpaired) electrons. The van der Waals surface area contributed by atoms with Gasteiger partial charge in [0.25, 0.3) is 0 Å². The predicted octanol–water partition coefficient (Wildman–Crippen LogP) is 1.33. The Hall–Kier alpha value is -2.04. The van der Waals surface area contributed by atoms with Crippen LogP contribution in [0.3, 0.4) is 0 Å². The topological polar surface area (TPSA) is 75.4 Å². The van der Waals surface area contributed by atoms with Crippen LogP contribution in [0.5, 0.6) is 0 Å². The summed E-state index contributed by atoms with van der Waals surface area (Å²) < 4.78 is 0. The van der Waals surface area contributed by atoms with Gasteiger partial charge in [-0.1, -0.05) is 12.1 Å². The number of piperidine rings is 1. The number of hydrogen-bond donors (Lipinski definition) is 2. The lowest BCUT2D eigenvalue weighted by molar-refractivity contribution is -0.133. The number of nitrogens with one attached hydrogen (secondary N) is 1. The largest absolute Gasteiger partial charge is 0.399 e. The summed E-state index contributed by atoms with van der Waals surface area (Å²) in [5.74, 6) is -0.0623. The van der Waals surface area contributed by atoms with Crippen LogP contribution in [0.4, 0.5) is 5.69 Å². The molecule has 5 heteroatoms. The number of aryl methyl sites for hydroxylation is 1. The maximum Gasteiger partial charge on any atom is 0.241 e. The molecule has 3 N–H and O–H groups in total. The van der Waals surface area contributed by atoms with Crippen molar-refractivity contribution in [1.82, 2.24) is 10.2 Å². The minimum Gasteiger partial charge on any atom is -0.399 e. The van der Waals surface area contributed by atoms with E-state index < -0.39 is 0 Å². The van der Waals surface area contributed by atoms with Gasteiger partial charge in [0.05, 0.1) is 6.54 Å². The van der Waals surface area contributed by atoms with Crippen LogP contribution in [-0.2, 0) is 16.0 Å². The van der Waals surface area contributed by atoms with E-state index in [1.807, 2.05) is 29.2 Å². The summed E-state index contributed by atoms with van der Waals surface area (Å²) in [4.78, 5) is 25.5. The monoisotopic (exact) mass is 289 g/mol. The number of nitrogens with zero attached hydrogens (tertiary/aromatic N) is 1. The Bertz CT molecular complexity index is 479. The zero-order valence-corrected chi connectivity index (χ0v) is 12.3. The highest BCUT2D eigenvalue weighted by molar-refractivity contribution is 5.84. The van der Waals surface area contributed by atoms with Crippen molar-refractivity contribution in [2.24, 2.45) is 0 Å². The van der Waals surface area contributed by atoms with Crippen LogP contribution < -0.4 is 11.1 Å². The first-order chi connectivity index (χ1) is 10.1. The van der Waals surface area contributed by atoms with Gasteiger partial charge < -0.3 is 16.0 Å². The molecule has 0 saturated carbocycles. The second-order valence-electron chi connectivity index (χ2n) is 5.46. The van der Waals surface area contributed by atoms with E-state index in [0.717, 1.165) is 37.2 Å². The van der Waals surface area contributed by atoms with Gasteiger partial charge in [0.15, 0.2) is 0 Å². The molecule has 5 nitrogen and oxygen atoms in total. The molecule has 114 valence electrons. The van der Waals surface area contributed by atoms with Gasteiger partial charge >= 0.3 is 0 Å².